The number of hydrogen-bond donors (Lipinski definition) is 1. The molecule has 0 unspecified atom stereocenters. The van der Waals surface area contributed by atoms with Crippen molar-refractivity contribution in [3.63, 3.8) is 0 Å². The molecule has 9 heteroatoms. The molecule has 2 aromatic carbocycles. The van der Waals surface area contributed by atoms with Crippen LogP contribution in [0.4, 0.5) is 0 Å². The van der Waals surface area contributed by atoms with E-state index < -0.39 is 9.84 Å². The number of nitrogens with one attached hydrogen (secondary N) is 1. The van der Waals surface area contributed by atoms with Crippen LogP contribution in [0.25, 0.3) is 11.0 Å². The maximum atomic E-state index is 12.8. The molecule has 0 atom stereocenters. The van der Waals surface area contributed by atoms with E-state index in [9.17, 15) is 13.2 Å². The van der Waals surface area contributed by atoms with Gasteiger partial charge in [0.15, 0.2) is 11.4 Å². The minimum Gasteiger partial charge on any atom is -0.294 e. The fraction of sp³-hybridized carbons (Fsp3) is 0.0952. The number of ketones is 1. The Hall–Kier alpha value is -2.74. The van der Waals surface area contributed by atoms with Crippen LogP contribution in [0.1, 0.15) is 22.3 Å². The van der Waals surface area contributed by atoms with Crippen molar-refractivity contribution in [1.82, 2.24) is 15.2 Å². The molecule has 0 saturated carbocycles. The van der Waals surface area contributed by atoms with Crippen molar-refractivity contribution in [1.29, 1.82) is 0 Å². The highest BCUT2D eigenvalue weighted by atomic mass is 35.5. The Labute approximate surface area is 182 Å². The third-order valence-electron chi connectivity index (χ3n) is 4.69. The van der Waals surface area contributed by atoms with E-state index >= 15 is 0 Å². The second kappa shape index (κ2) is 8.18. The molecule has 0 saturated heterocycles. The van der Waals surface area contributed by atoms with Gasteiger partial charge in [0.05, 0.1) is 26.0 Å². The number of H-pyrrole nitrogens is 1. The first-order chi connectivity index (χ1) is 14.3. The molecule has 2 heterocycles. The van der Waals surface area contributed by atoms with Crippen molar-refractivity contribution < 1.29 is 13.2 Å². The molecule has 0 radical (unpaired) electrons. The minimum absolute atomic E-state index is 0.0434. The van der Waals surface area contributed by atoms with Crippen LogP contribution in [0.2, 0.25) is 10.0 Å². The number of rotatable bonds is 6. The van der Waals surface area contributed by atoms with Gasteiger partial charge in [-0.2, -0.15) is 5.10 Å². The van der Waals surface area contributed by atoms with E-state index in [4.69, 9.17) is 23.2 Å². The van der Waals surface area contributed by atoms with Crippen molar-refractivity contribution >= 4 is 49.9 Å². The van der Waals surface area contributed by atoms with Gasteiger partial charge in [0, 0.05) is 23.6 Å². The SMILES string of the molecule is O=C(CCc1ccc(S(=O)(=O)c2ccc(Cl)c(Cl)c2)cc1)c1cnc2[nH]ncc2c1. The zero-order chi connectivity index (χ0) is 21.3. The summed E-state index contributed by atoms with van der Waals surface area (Å²) in [4.78, 5) is 16.9. The Morgan fingerprint density at radius 3 is 2.40 bits per heavy atom. The van der Waals surface area contributed by atoms with Gasteiger partial charge < -0.3 is 0 Å². The zero-order valence-electron chi connectivity index (χ0n) is 15.5. The van der Waals surface area contributed by atoms with Gasteiger partial charge in [-0.15, -0.1) is 0 Å². The van der Waals surface area contributed by atoms with E-state index in [1.807, 2.05) is 0 Å². The third kappa shape index (κ3) is 4.09. The molecule has 4 rings (SSSR count). The molecule has 1 N–H and O–H groups in total. The quantitative estimate of drug-likeness (QED) is 0.413. The molecule has 0 aliphatic heterocycles. The van der Waals surface area contributed by atoms with Crippen LogP contribution >= 0.6 is 23.2 Å². The van der Waals surface area contributed by atoms with Crippen LogP contribution in [-0.2, 0) is 16.3 Å². The number of sulfone groups is 1. The molecule has 0 fully saturated rings. The second-order valence-corrected chi connectivity index (χ2v) is 9.44. The summed E-state index contributed by atoms with van der Waals surface area (Å²) < 4.78 is 25.5. The zero-order valence-corrected chi connectivity index (χ0v) is 17.8. The van der Waals surface area contributed by atoms with Crippen molar-refractivity contribution in [3.05, 3.63) is 82.1 Å². The maximum absolute atomic E-state index is 12.8. The summed E-state index contributed by atoms with van der Waals surface area (Å²) in [6.45, 7) is 0. The lowest BCUT2D eigenvalue weighted by molar-refractivity contribution is 0.0982. The number of carbonyl (C=O) groups excluding carboxylic acids is 1. The van der Waals surface area contributed by atoms with Gasteiger partial charge in [-0.1, -0.05) is 35.3 Å². The predicted molar refractivity (Wildman–Crippen MR) is 115 cm³/mol. The number of benzene rings is 2. The molecule has 4 aromatic rings. The van der Waals surface area contributed by atoms with E-state index in [0.29, 0.717) is 17.6 Å². The largest absolute Gasteiger partial charge is 0.294 e. The van der Waals surface area contributed by atoms with Gasteiger partial charge >= 0.3 is 0 Å². The van der Waals surface area contributed by atoms with Gasteiger partial charge in [0.1, 0.15) is 0 Å². The highest BCUT2D eigenvalue weighted by Crippen LogP contribution is 2.28. The van der Waals surface area contributed by atoms with Crippen molar-refractivity contribution in [2.75, 3.05) is 0 Å². The average Bonchev–Trinajstić information content (AvgIpc) is 3.22. The first kappa shape index (κ1) is 20.5. The third-order valence-corrected chi connectivity index (χ3v) is 7.20. The maximum Gasteiger partial charge on any atom is 0.206 e. The number of hydrogen-bond acceptors (Lipinski definition) is 5. The summed E-state index contributed by atoms with van der Waals surface area (Å²) in [5.41, 5.74) is 2.00. The number of carbonyl (C=O) groups is 1. The highest BCUT2D eigenvalue weighted by Gasteiger charge is 2.19. The molecule has 2 aromatic heterocycles. The monoisotopic (exact) mass is 459 g/mol. The number of aromatic nitrogens is 3. The van der Waals surface area contributed by atoms with E-state index in [1.165, 1.54) is 36.5 Å². The fourth-order valence-corrected chi connectivity index (χ4v) is 4.66. The van der Waals surface area contributed by atoms with Crippen molar-refractivity contribution in [2.45, 2.75) is 22.6 Å². The number of pyridine rings is 1. The molecular formula is C21H15Cl2N3O3S. The van der Waals surface area contributed by atoms with Crippen LogP contribution in [0.3, 0.4) is 0 Å². The summed E-state index contributed by atoms with van der Waals surface area (Å²) in [5.74, 6) is -0.0434. The predicted octanol–water partition coefficient (Wildman–Crippen LogP) is 4.91. The summed E-state index contributed by atoms with van der Waals surface area (Å²) >= 11 is 11.8. The lowest BCUT2D eigenvalue weighted by Gasteiger charge is -2.07. The van der Waals surface area contributed by atoms with E-state index in [2.05, 4.69) is 15.2 Å². The van der Waals surface area contributed by atoms with E-state index in [1.54, 1.807) is 24.4 Å². The number of nitrogens with zero attached hydrogens (tertiary/aromatic N) is 2. The number of fused-ring (bicyclic) bond motifs is 1. The number of halogens is 2. The van der Waals surface area contributed by atoms with Gasteiger partial charge in [-0.25, -0.2) is 13.4 Å². The van der Waals surface area contributed by atoms with E-state index in [0.717, 1.165) is 10.9 Å². The molecule has 0 bridgehead atoms. The van der Waals surface area contributed by atoms with Crippen molar-refractivity contribution in [3.8, 4) is 0 Å². The molecule has 0 aliphatic rings. The van der Waals surface area contributed by atoms with Gasteiger partial charge in [0.2, 0.25) is 9.84 Å². The molecule has 0 aliphatic carbocycles. The lowest BCUT2D eigenvalue weighted by atomic mass is 10.0. The molecule has 30 heavy (non-hydrogen) atoms. The Morgan fingerprint density at radius 1 is 0.933 bits per heavy atom. The molecule has 0 amide bonds. The summed E-state index contributed by atoms with van der Waals surface area (Å²) in [5, 5.41) is 7.88. The van der Waals surface area contributed by atoms with E-state index in [-0.39, 0.29) is 32.0 Å². The summed E-state index contributed by atoms with van der Waals surface area (Å²) in [6, 6.07) is 12.4. The standard InChI is InChI=1S/C21H15Cl2N3O3S/c22-18-7-6-17(10-19(18)23)30(28,29)16-4-1-13(2-5-16)3-8-20(27)14-9-15-12-25-26-21(15)24-11-14/h1-2,4-7,9-12H,3,8H2,(H,24,25,26). The molecule has 152 valence electrons. The summed E-state index contributed by atoms with van der Waals surface area (Å²) in [6.07, 6.45) is 3.90. The van der Waals surface area contributed by atoms with Crippen LogP contribution in [0, 0.1) is 0 Å². The smallest absolute Gasteiger partial charge is 0.206 e. The number of Topliss-reactive ketones (excluding diaryl/α,β-unsaturated/α-hetero) is 1. The van der Waals surface area contributed by atoms with Gasteiger partial charge in [0.25, 0.3) is 0 Å². The Morgan fingerprint density at radius 2 is 1.67 bits per heavy atom. The van der Waals surface area contributed by atoms with Gasteiger partial charge in [-0.05, 0) is 48.4 Å². The Bertz CT molecular complexity index is 1350. The topological polar surface area (TPSA) is 92.8 Å². The van der Waals surface area contributed by atoms with Crippen molar-refractivity contribution in [2.24, 2.45) is 0 Å². The first-order valence-electron chi connectivity index (χ1n) is 8.96. The highest BCUT2D eigenvalue weighted by molar-refractivity contribution is 7.91. The van der Waals surface area contributed by atoms with Gasteiger partial charge in [-0.3, -0.25) is 9.89 Å². The van der Waals surface area contributed by atoms with Crippen LogP contribution in [0.15, 0.2) is 70.7 Å². The molecule has 0 spiro atoms. The Balaban J connectivity index is 1.46. The summed E-state index contributed by atoms with van der Waals surface area (Å²) in [7, 11) is -3.71. The second-order valence-electron chi connectivity index (χ2n) is 6.68. The van der Waals surface area contributed by atoms with Crippen LogP contribution in [-0.4, -0.2) is 29.4 Å². The minimum atomic E-state index is -3.71. The van der Waals surface area contributed by atoms with Crippen LogP contribution < -0.4 is 0 Å². The average molecular weight is 460 g/mol. The number of aryl methyl sites for hydroxylation is 1. The first-order valence-corrected chi connectivity index (χ1v) is 11.2. The fourth-order valence-electron chi connectivity index (χ4n) is 3.01. The van der Waals surface area contributed by atoms with Crippen LogP contribution in [0.5, 0.6) is 0 Å². The molecule has 6 nitrogen and oxygen atoms in total. The number of aromatic amines is 1. The molecular weight excluding hydrogens is 445 g/mol. The Kier molecular flexibility index (Phi) is 5.60. The lowest BCUT2D eigenvalue weighted by Crippen LogP contribution is -2.04. The normalized spacial score (nSPS) is 11.7.